The van der Waals surface area contributed by atoms with E-state index in [1.165, 1.54) is 0 Å². The fourth-order valence-corrected chi connectivity index (χ4v) is 4.56. The van der Waals surface area contributed by atoms with Gasteiger partial charge < -0.3 is 24.1 Å². The Morgan fingerprint density at radius 1 is 0.914 bits per heavy atom. The number of nitrogens with one attached hydrogen (secondary N) is 1. The average Bonchev–Trinajstić information content (AvgIpc) is 3.16. The molecule has 182 valence electrons. The first kappa shape index (κ1) is 24.3. The number of carboxylic acids is 1. The first-order valence-corrected chi connectivity index (χ1v) is 11.8. The Balaban J connectivity index is 1.64. The van der Waals surface area contributed by atoms with Gasteiger partial charge in [-0.2, -0.15) is 0 Å². The lowest BCUT2D eigenvalue weighted by Gasteiger charge is -2.11. The highest BCUT2D eigenvalue weighted by Crippen LogP contribution is 2.39. The molecule has 7 nitrogen and oxygen atoms in total. The van der Waals surface area contributed by atoms with Crippen molar-refractivity contribution in [3.63, 3.8) is 0 Å². The number of rotatable bonds is 9. The molecule has 0 aliphatic rings. The van der Waals surface area contributed by atoms with Crippen LogP contribution in [0.3, 0.4) is 0 Å². The molecule has 35 heavy (non-hydrogen) atoms. The Hall–Kier alpha value is -3.87. The third kappa shape index (κ3) is 4.99. The number of furan rings is 1. The SMILES string of the molecule is Cc1oc2c(C)c3oc(=O)c(CC(=O)NCCCCCC(=O)[O-])c(C)c3cc2c1-c1ccccc1. The zero-order chi connectivity index (χ0) is 25.1. The minimum atomic E-state index is -1.07. The summed E-state index contributed by atoms with van der Waals surface area (Å²) in [5, 5.41) is 15.0. The van der Waals surface area contributed by atoms with Gasteiger partial charge in [-0.25, -0.2) is 4.79 Å². The number of carbonyl (C=O) groups excluding carboxylic acids is 2. The zero-order valence-corrected chi connectivity index (χ0v) is 20.2. The van der Waals surface area contributed by atoms with Gasteiger partial charge in [-0.05, 0) is 57.2 Å². The molecule has 7 heteroatoms. The van der Waals surface area contributed by atoms with Gasteiger partial charge in [-0.3, -0.25) is 4.79 Å². The monoisotopic (exact) mass is 474 g/mol. The minimum Gasteiger partial charge on any atom is -0.550 e. The maximum atomic E-state index is 12.8. The summed E-state index contributed by atoms with van der Waals surface area (Å²) >= 11 is 0. The third-order valence-corrected chi connectivity index (χ3v) is 6.41. The highest BCUT2D eigenvalue weighted by atomic mass is 16.4. The van der Waals surface area contributed by atoms with Crippen LogP contribution in [0.15, 0.2) is 50.0 Å². The van der Waals surface area contributed by atoms with Crippen molar-refractivity contribution < 1.29 is 23.5 Å². The molecule has 0 aliphatic heterocycles. The van der Waals surface area contributed by atoms with Crippen LogP contribution in [0.2, 0.25) is 0 Å². The highest BCUT2D eigenvalue weighted by molar-refractivity contribution is 6.06. The van der Waals surface area contributed by atoms with Crippen molar-refractivity contribution in [3.05, 3.63) is 69.3 Å². The third-order valence-electron chi connectivity index (χ3n) is 6.41. The molecule has 2 aromatic heterocycles. The predicted octanol–water partition coefficient (Wildman–Crippen LogP) is 4.10. The van der Waals surface area contributed by atoms with Gasteiger partial charge in [0.25, 0.3) is 0 Å². The van der Waals surface area contributed by atoms with E-state index >= 15 is 0 Å². The lowest BCUT2D eigenvalue weighted by molar-refractivity contribution is -0.305. The molecule has 0 aliphatic carbocycles. The van der Waals surface area contributed by atoms with Gasteiger partial charge in [-0.15, -0.1) is 0 Å². The van der Waals surface area contributed by atoms with Gasteiger partial charge in [0.2, 0.25) is 5.91 Å². The van der Waals surface area contributed by atoms with Crippen molar-refractivity contribution in [2.24, 2.45) is 0 Å². The number of fused-ring (bicyclic) bond motifs is 2. The fraction of sp³-hybridized carbons (Fsp3) is 0.321. The van der Waals surface area contributed by atoms with Gasteiger partial charge in [-0.1, -0.05) is 36.8 Å². The van der Waals surface area contributed by atoms with Crippen molar-refractivity contribution in [3.8, 4) is 11.1 Å². The molecule has 0 saturated heterocycles. The van der Waals surface area contributed by atoms with Crippen molar-refractivity contribution in [1.82, 2.24) is 5.32 Å². The summed E-state index contributed by atoms with van der Waals surface area (Å²) in [5.41, 5.74) is 4.43. The van der Waals surface area contributed by atoms with E-state index in [0.29, 0.717) is 48.1 Å². The fourth-order valence-electron chi connectivity index (χ4n) is 4.56. The maximum Gasteiger partial charge on any atom is 0.340 e. The zero-order valence-electron chi connectivity index (χ0n) is 20.2. The van der Waals surface area contributed by atoms with Crippen molar-refractivity contribution >= 4 is 33.8 Å². The van der Waals surface area contributed by atoms with Crippen molar-refractivity contribution in [2.75, 3.05) is 6.54 Å². The number of benzene rings is 2. The molecule has 1 amide bonds. The number of unbranched alkanes of at least 4 members (excludes halogenated alkanes) is 2. The van der Waals surface area contributed by atoms with Crippen LogP contribution in [-0.2, 0) is 16.0 Å². The molecule has 0 saturated carbocycles. The van der Waals surface area contributed by atoms with Gasteiger partial charge in [0.15, 0.2) is 0 Å². The topological polar surface area (TPSA) is 113 Å². The second-order valence-electron chi connectivity index (χ2n) is 8.86. The standard InChI is InChI=1S/C28H29NO6/c1-16-20-14-22-25(19-10-6-4-7-11-19)18(3)34-27(22)17(2)26(20)35-28(33)21(16)15-23(30)29-13-9-5-8-12-24(31)32/h4,6-7,10-11,14H,5,8-9,12-13,15H2,1-3H3,(H,29,30)(H,31,32)/p-1. The Kier molecular flexibility index (Phi) is 7.05. The molecule has 0 fully saturated rings. The van der Waals surface area contributed by atoms with Crippen LogP contribution in [0.5, 0.6) is 0 Å². The van der Waals surface area contributed by atoms with Crippen LogP contribution < -0.4 is 16.0 Å². The Morgan fingerprint density at radius 3 is 2.34 bits per heavy atom. The summed E-state index contributed by atoms with van der Waals surface area (Å²) in [6, 6.07) is 12.0. The molecular weight excluding hydrogens is 446 g/mol. The minimum absolute atomic E-state index is 0.0140. The first-order valence-electron chi connectivity index (χ1n) is 11.8. The van der Waals surface area contributed by atoms with Crippen LogP contribution in [0.25, 0.3) is 33.1 Å². The number of carboxylic acid groups (broad SMARTS) is 1. The molecule has 4 rings (SSSR count). The molecule has 0 unspecified atom stereocenters. The molecule has 4 aromatic rings. The number of hydrogen-bond donors (Lipinski definition) is 1. The van der Waals surface area contributed by atoms with E-state index in [-0.39, 0.29) is 18.7 Å². The van der Waals surface area contributed by atoms with E-state index in [1.807, 2.05) is 57.2 Å². The smallest absolute Gasteiger partial charge is 0.340 e. The molecule has 0 bridgehead atoms. The summed E-state index contributed by atoms with van der Waals surface area (Å²) in [4.78, 5) is 35.8. The van der Waals surface area contributed by atoms with Gasteiger partial charge >= 0.3 is 5.63 Å². The van der Waals surface area contributed by atoms with Crippen LogP contribution in [0.4, 0.5) is 0 Å². The molecule has 0 spiro atoms. The number of aryl methyl sites for hydroxylation is 3. The normalized spacial score (nSPS) is 11.3. The Morgan fingerprint density at radius 2 is 1.63 bits per heavy atom. The molecule has 2 aromatic carbocycles. The largest absolute Gasteiger partial charge is 0.550 e. The van der Waals surface area contributed by atoms with Gasteiger partial charge in [0.1, 0.15) is 16.9 Å². The molecular formula is C28H28NO6-. The summed E-state index contributed by atoms with van der Waals surface area (Å²) in [5.74, 6) is -0.563. The second kappa shape index (κ2) is 10.2. The Labute approximate surface area is 202 Å². The van der Waals surface area contributed by atoms with Gasteiger partial charge in [0, 0.05) is 34.4 Å². The second-order valence-corrected chi connectivity index (χ2v) is 8.86. The quantitative estimate of drug-likeness (QED) is 0.289. The van der Waals surface area contributed by atoms with Crippen molar-refractivity contribution in [2.45, 2.75) is 52.9 Å². The van der Waals surface area contributed by atoms with E-state index in [0.717, 1.165) is 33.2 Å². The van der Waals surface area contributed by atoms with E-state index in [2.05, 4.69) is 5.32 Å². The summed E-state index contributed by atoms with van der Waals surface area (Å²) in [6.45, 7) is 6.04. The maximum absolute atomic E-state index is 12.8. The van der Waals surface area contributed by atoms with E-state index in [4.69, 9.17) is 8.83 Å². The van der Waals surface area contributed by atoms with Crippen LogP contribution in [0.1, 0.15) is 48.1 Å². The Bertz CT molecular complexity index is 1460. The summed E-state index contributed by atoms with van der Waals surface area (Å²) < 4.78 is 11.8. The number of carbonyl (C=O) groups is 2. The number of aliphatic carboxylic acids is 1. The van der Waals surface area contributed by atoms with Crippen molar-refractivity contribution in [1.29, 1.82) is 0 Å². The lowest BCUT2D eigenvalue weighted by Crippen LogP contribution is -2.28. The highest BCUT2D eigenvalue weighted by Gasteiger charge is 2.21. The summed E-state index contributed by atoms with van der Waals surface area (Å²) in [7, 11) is 0. The first-order chi connectivity index (χ1) is 16.8. The van der Waals surface area contributed by atoms with E-state index in [9.17, 15) is 19.5 Å². The summed E-state index contributed by atoms with van der Waals surface area (Å²) in [6.07, 6.45) is 1.77. The van der Waals surface area contributed by atoms with Crippen LogP contribution in [0, 0.1) is 20.8 Å². The van der Waals surface area contributed by atoms with Gasteiger partial charge in [0.05, 0.1) is 12.0 Å². The van der Waals surface area contributed by atoms with E-state index in [1.54, 1.807) is 0 Å². The number of amides is 1. The predicted molar refractivity (Wildman–Crippen MR) is 132 cm³/mol. The molecule has 0 radical (unpaired) electrons. The average molecular weight is 475 g/mol. The van der Waals surface area contributed by atoms with Crippen LogP contribution >= 0.6 is 0 Å². The molecule has 2 heterocycles. The van der Waals surface area contributed by atoms with E-state index < -0.39 is 11.6 Å². The lowest BCUT2D eigenvalue weighted by atomic mass is 9.96. The number of hydrogen-bond acceptors (Lipinski definition) is 6. The molecule has 1 N–H and O–H groups in total. The van der Waals surface area contributed by atoms with Crippen LogP contribution in [-0.4, -0.2) is 18.4 Å². The molecule has 0 atom stereocenters.